The summed E-state index contributed by atoms with van der Waals surface area (Å²) >= 11 is 6.19. The van der Waals surface area contributed by atoms with Crippen LogP contribution in [0, 0.1) is 6.92 Å². The Bertz CT molecular complexity index is 693. The molecule has 22 heavy (non-hydrogen) atoms. The Morgan fingerprint density at radius 3 is 2.91 bits per heavy atom. The molecule has 1 fully saturated rings. The minimum Gasteiger partial charge on any atom is -0.335 e. The lowest BCUT2D eigenvalue weighted by Crippen LogP contribution is -2.38. The molecule has 2 heterocycles. The molecule has 6 nitrogen and oxygen atoms in total. The second-order valence-electron chi connectivity index (χ2n) is 5.41. The molecule has 0 aliphatic carbocycles. The number of carbonyl (C=O) groups excluding carboxylic acids is 1. The zero-order valence-electron chi connectivity index (χ0n) is 12.6. The number of nitrogens with one attached hydrogen (secondary N) is 1. The highest BCUT2D eigenvalue weighted by molar-refractivity contribution is 6.32. The van der Waals surface area contributed by atoms with E-state index in [4.69, 9.17) is 11.6 Å². The molecule has 0 spiro atoms. The summed E-state index contributed by atoms with van der Waals surface area (Å²) in [6.07, 6.45) is 0.951. The highest BCUT2D eigenvalue weighted by Gasteiger charge is 2.27. The number of aryl methyl sites for hydroxylation is 1. The van der Waals surface area contributed by atoms with Crippen molar-refractivity contribution in [3.8, 4) is 5.69 Å². The third-order valence-corrected chi connectivity index (χ3v) is 4.26. The van der Waals surface area contributed by atoms with Crippen molar-refractivity contribution in [3.05, 3.63) is 40.9 Å². The third kappa shape index (κ3) is 2.71. The fraction of sp³-hybridized carbons (Fsp3) is 0.400. The summed E-state index contributed by atoms with van der Waals surface area (Å²) in [5.74, 6) is 0.670. The van der Waals surface area contributed by atoms with Crippen molar-refractivity contribution in [1.82, 2.24) is 25.0 Å². The van der Waals surface area contributed by atoms with E-state index in [9.17, 15) is 4.79 Å². The number of para-hydroxylation sites is 1. The van der Waals surface area contributed by atoms with E-state index in [-0.39, 0.29) is 17.8 Å². The molecular weight excluding hydrogens is 302 g/mol. The Kier molecular flexibility index (Phi) is 4.13. The van der Waals surface area contributed by atoms with Gasteiger partial charge < -0.3 is 10.2 Å². The fourth-order valence-electron chi connectivity index (χ4n) is 2.63. The molecule has 0 unspecified atom stereocenters. The van der Waals surface area contributed by atoms with Gasteiger partial charge in [-0.05, 0) is 32.0 Å². The maximum absolute atomic E-state index is 12.5. The molecule has 1 saturated heterocycles. The van der Waals surface area contributed by atoms with Gasteiger partial charge in [0.1, 0.15) is 5.82 Å². The molecular formula is C15H18ClN5O. The molecule has 2 aromatic rings. The van der Waals surface area contributed by atoms with E-state index in [2.05, 4.69) is 15.4 Å². The van der Waals surface area contributed by atoms with Crippen LogP contribution in [0.2, 0.25) is 5.02 Å². The van der Waals surface area contributed by atoms with E-state index < -0.39 is 0 Å². The van der Waals surface area contributed by atoms with Crippen molar-refractivity contribution < 1.29 is 4.79 Å². The Hall–Kier alpha value is -1.92. The molecule has 0 bridgehead atoms. The highest BCUT2D eigenvalue weighted by Crippen LogP contribution is 2.20. The summed E-state index contributed by atoms with van der Waals surface area (Å²) in [5, 5.41) is 8.17. The lowest BCUT2D eigenvalue weighted by molar-refractivity contribution is 0.0731. The Morgan fingerprint density at radius 2 is 2.23 bits per heavy atom. The first kappa shape index (κ1) is 15.0. The van der Waals surface area contributed by atoms with Gasteiger partial charge in [-0.25, -0.2) is 9.67 Å². The maximum Gasteiger partial charge on any atom is 0.293 e. The molecule has 0 saturated carbocycles. The Morgan fingerprint density at radius 1 is 1.45 bits per heavy atom. The molecule has 116 valence electrons. The van der Waals surface area contributed by atoms with Crippen LogP contribution in [-0.2, 0) is 0 Å². The minimum atomic E-state index is -0.164. The number of rotatable bonds is 3. The molecule has 1 N–H and O–H groups in total. The molecule has 7 heteroatoms. The predicted molar refractivity (Wildman–Crippen MR) is 84.5 cm³/mol. The first-order valence-electron chi connectivity index (χ1n) is 7.24. The van der Waals surface area contributed by atoms with Gasteiger partial charge in [-0.1, -0.05) is 23.7 Å². The van der Waals surface area contributed by atoms with Crippen LogP contribution in [-0.4, -0.2) is 51.8 Å². The van der Waals surface area contributed by atoms with E-state index in [1.807, 2.05) is 25.1 Å². The molecule has 1 atom stereocenters. The number of amides is 1. The Labute approximate surface area is 134 Å². The van der Waals surface area contributed by atoms with Crippen LogP contribution in [0.25, 0.3) is 5.69 Å². The number of halogens is 1. The lowest BCUT2D eigenvalue weighted by atomic mass is 10.2. The normalized spacial score (nSPS) is 17.7. The summed E-state index contributed by atoms with van der Waals surface area (Å²) < 4.78 is 1.61. The number of hydrogen-bond acceptors (Lipinski definition) is 4. The SMILES string of the molecule is Cc1nc(C(=O)N(C)[C@@H]2CCNC2)nn1-c1ccccc1Cl. The van der Waals surface area contributed by atoms with Crippen molar-refractivity contribution >= 4 is 17.5 Å². The number of likely N-dealkylation sites (N-methyl/N-ethyl adjacent to an activating group) is 1. The van der Waals surface area contributed by atoms with Gasteiger partial charge in [0.05, 0.1) is 10.7 Å². The number of carbonyl (C=O) groups is 1. The van der Waals surface area contributed by atoms with Crippen LogP contribution < -0.4 is 5.32 Å². The average molecular weight is 320 g/mol. The Balaban J connectivity index is 1.89. The van der Waals surface area contributed by atoms with E-state index >= 15 is 0 Å². The smallest absolute Gasteiger partial charge is 0.293 e. The predicted octanol–water partition coefficient (Wildman–Crippen LogP) is 1.66. The fourth-order valence-corrected chi connectivity index (χ4v) is 2.84. The largest absolute Gasteiger partial charge is 0.335 e. The van der Waals surface area contributed by atoms with Crippen LogP contribution in [0.3, 0.4) is 0 Å². The standard InChI is InChI=1S/C15H18ClN5O/c1-10-18-14(15(22)20(2)11-7-8-17-9-11)19-21(10)13-6-4-3-5-12(13)16/h3-6,11,17H,7-9H2,1-2H3/t11-/m1/s1. The van der Waals surface area contributed by atoms with E-state index in [1.54, 1.807) is 22.7 Å². The maximum atomic E-state index is 12.5. The van der Waals surface area contributed by atoms with Gasteiger partial charge in [0.2, 0.25) is 5.82 Å². The molecule has 1 aromatic heterocycles. The quantitative estimate of drug-likeness (QED) is 0.934. The van der Waals surface area contributed by atoms with Crippen molar-refractivity contribution in [2.75, 3.05) is 20.1 Å². The second-order valence-corrected chi connectivity index (χ2v) is 5.82. The van der Waals surface area contributed by atoms with Crippen LogP contribution in [0.4, 0.5) is 0 Å². The summed E-state index contributed by atoms with van der Waals surface area (Å²) in [4.78, 5) is 18.6. The molecule has 1 amide bonds. The minimum absolute atomic E-state index is 0.164. The van der Waals surface area contributed by atoms with Crippen LogP contribution in [0.1, 0.15) is 22.9 Å². The van der Waals surface area contributed by atoms with E-state index in [0.29, 0.717) is 10.8 Å². The summed E-state index contributed by atoms with van der Waals surface area (Å²) in [6.45, 7) is 3.56. The van der Waals surface area contributed by atoms with Crippen molar-refractivity contribution in [2.24, 2.45) is 0 Å². The number of benzene rings is 1. The molecule has 3 rings (SSSR count). The van der Waals surface area contributed by atoms with Crippen molar-refractivity contribution in [1.29, 1.82) is 0 Å². The van der Waals surface area contributed by atoms with Crippen molar-refractivity contribution in [3.63, 3.8) is 0 Å². The average Bonchev–Trinajstić information content (AvgIpc) is 3.16. The zero-order valence-corrected chi connectivity index (χ0v) is 13.3. The van der Waals surface area contributed by atoms with E-state index in [1.165, 1.54) is 0 Å². The van der Waals surface area contributed by atoms with Gasteiger partial charge in [0, 0.05) is 19.6 Å². The highest BCUT2D eigenvalue weighted by atomic mass is 35.5. The first-order valence-corrected chi connectivity index (χ1v) is 7.62. The molecule has 1 aliphatic rings. The van der Waals surface area contributed by atoms with Gasteiger partial charge in [-0.2, -0.15) is 0 Å². The van der Waals surface area contributed by atoms with Gasteiger partial charge >= 0.3 is 0 Å². The van der Waals surface area contributed by atoms with Gasteiger partial charge in [0.15, 0.2) is 0 Å². The van der Waals surface area contributed by atoms with E-state index in [0.717, 1.165) is 25.2 Å². The molecule has 0 radical (unpaired) electrons. The zero-order chi connectivity index (χ0) is 15.7. The summed E-state index contributed by atoms with van der Waals surface area (Å²) in [7, 11) is 1.80. The summed E-state index contributed by atoms with van der Waals surface area (Å²) in [6, 6.07) is 7.56. The second kappa shape index (κ2) is 6.06. The van der Waals surface area contributed by atoms with Gasteiger partial charge in [-0.15, -0.1) is 5.10 Å². The van der Waals surface area contributed by atoms with Crippen molar-refractivity contribution in [2.45, 2.75) is 19.4 Å². The van der Waals surface area contributed by atoms with Crippen LogP contribution in [0.5, 0.6) is 0 Å². The first-order chi connectivity index (χ1) is 10.6. The summed E-state index contributed by atoms with van der Waals surface area (Å²) in [5.41, 5.74) is 0.721. The number of hydrogen-bond donors (Lipinski definition) is 1. The monoisotopic (exact) mass is 319 g/mol. The molecule has 1 aromatic carbocycles. The number of aromatic nitrogens is 3. The van der Waals surface area contributed by atoms with Gasteiger partial charge in [0.25, 0.3) is 5.91 Å². The van der Waals surface area contributed by atoms with Crippen LogP contribution >= 0.6 is 11.6 Å². The van der Waals surface area contributed by atoms with Gasteiger partial charge in [-0.3, -0.25) is 4.79 Å². The molecule has 1 aliphatic heterocycles. The third-order valence-electron chi connectivity index (χ3n) is 3.94. The lowest BCUT2D eigenvalue weighted by Gasteiger charge is -2.22. The topological polar surface area (TPSA) is 63.1 Å². The van der Waals surface area contributed by atoms with Crippen LogP contribution in [0.15, 0.2) is 24.3 Å². The number of nitrogens with zero attached hydrogens (tertiary/aromatic N) is 4.